The normalized spacial score (nSPS) is 29.6. The third-order valence-corrected chi connectivity index (χ3v) is 3.00. The molecule has 0 amide bonds. The fourth-order valence-corrected chi connectivity index (χ4v) is 3.23. The van der Waals surface area contributed by atoms with Gasteiger partial charge in [0.25, 0.3) is 0 Å². The molecule has 2 heteroatoms. The molecule has 0 N–H and O–H groups in total. The van der Waals surface area contributed by atoms with Crippen molar-refractivity contribution in [2.45, 2.75) is 37.2 Å². The zero-order valence-corrected chi connectivity index (χ0v) is 7.13. The quantitative estimate of drug-likeness (QED) is 0.516. The molecule has 0 aliphatic carbocycles. The average molecular weight is 144 g/mol. The highest BCUT2D eigenvalue weighted by Gasteiger charge is 2.53. The van der Waals surface area contributed by atoms with E-state index in [1.165, 1.54) is 0 Å². The van der Waals surface area contributed by atoms with Gasteiger partial charge >= 0.3 is 0 Å². The lowest BCUT2D eigenvalue weighted by molar-refractivity contribution is -0.124. The van der Waals surface area contributed by atoms with Crippen LogP contribution in [0.25, 0.3) is 0 Å². The smallest absolute Gasteiger partial charge is 0.163 e. The molecule has 1 saturated heterocycles. The van der Waals surface area contributed by atoms with Crippen LogP contribution < -0.4 is 0 Å². The molecule has 1 fully saturated rings. The second kappa shape index (κ2) is 1.54. The van der Waals surface area contributed by atoms with Crippen LogP contribution in [-0.2, 0) is 4.79 Å². The molecule has 0 aromatic carbocycles. The van der Waals surface area contributed by atoms with Crippen molar-refractivity contribution in [3.63, 3.8) is 0 Å². The van der Waals surface area contributed by atoms with E-state index < -0.39 is 0 Å². The van der Waals surface area contributed by atoms with Crippen molar-refractivity contribution in [2.24, 2.45) is 0 Å². The van der Waals surface area contributed by atoms with Crippen molar-refractivity contribution in [1.29, 1.82) is 0 Å². The predicted molar refractivity (Wildman–Crippen MR) is 40.8 cm³/mol. The minimum Gasteiger partial charge on any atom is -0.297 e. The Morgan fingerprint density at radius 1 is 1.11 bits per heavy atom. The van der Waals surface area contributed by atoms with Gasteiger partial charge in [0.1, 0.15) is 0 Å². The molecule has 1 aliphatic heterocycles. The van der Waals surface area contributed by atoms with Gasteiger partial charge in [-0.25, -0.2) is 0 Å². The zero-order chi connectivity index (χ0) is 7.28. The molecular weight excluding hydrogens is 132 g/mol. The Hall–Kier alpha value is 0.0200. The topological polar surface area (TPSA) is 17.1 Å². The van der Waals surface area contributed by atoms with Crippen LogP contribution in [0.4, 0.5) is 0 Å². The number of hydrogen-bond acceptors (Lipinski definition) is 2. The van der Waals surface area contributed by atoms with Gasteiger partial charge < -0.3 is 0 Å². The highest BCUT2D eigenvalue weighted by Crippen LogP contribution is 2.50. The minimum atomic E-state index is -0.108. The number of carbonyl (C=O) groups is 1. The van der Waals surface area contributed by atoms with Crippen molar-refractivity contribution < 1.29 is 4.79 Å². The van der Waals surface area contributed by atoms with Crippen molar-refractivity contribution in [1.82, 2.24) is 0 Å². The summed E-state index contributed by atoms with van der Waals surface area (Å²) in [6.07, 6.45) is 0. The van der Waals surface area contributed by atoms with Crippen LogP contribution in [0.15, 0.2) is 0 Å². The van der Waals surface area contributed by atoms with Crippen LogP contribution >= 0.6 is 11.8 Å². The fourth-order valence-electron chi connectivity index (χ4n) is 1.41. The standard InChI is InChI=1S/C7H12OS/c1-6(2)5(8)7(3,4)9-6/h1-4H3. The first-order valence-corrected chi connectivity index (χ1v) is 3.93. The van der Waals surface area contributed by atoms with Gasteiger partial charge in [-0.2, -0.15) is 0 Å². The molecule has 0 saturated carbocycles. The summed E-state index contributed by atoms with van der Waals surface area (Å²) in [4.78, 5) is 11.2. The van der Waals surface area contributed by atoms with Gasteiger partial charge in [0.05, 0.1) is 9.49 Å². The van der Waals surface area contributed by atoms with Crippen molar-refractivity contribution >= 4 is 17.5 Å². The van der Waals surface area contributed by atoms with Crippen LogP contribution in [0.2, 0.25) is 0 Å². The first-order chi connectivity index (χ1) is 3.86. The summed E-state index contributed by atoms with van der Waals surface area (Å²) in [5, 5.41) is 0. The Labute approximate surface area is 60.2 Å². The molecule has 1 rings (SSSR count). The van der Waals surface area contributed by atoms with Crippen LogP contribution in [0.3, 0.4) is 0 Å². The summed E-state index contributed by atoms with van der Waals surface area (Å²) in [7, 11) is 0. The van der Waals surface area contributed by atoms with Crippen LogP contribution in [0.1, 0.15) is 27.7 Å². The van der Waals surface area contributed by atoms with E-state index in [0.717, 1.165) is 0 Å². The van der Waals surface area contributed by atoms with Gasteiger partial charge in [-0.1, -0.05) is 0 Å². The van der Waals surface area contributed by atoms with Crippen molar-refractivity contribution in [2.75, 3.05) is 0 Å². The Balaban J connectivity index is 2.74. The third kappa shape index (κ3) is 0.895. The number of rotatable bonds is 0. The lowest BCUT2D eigenvalue weighted by atomic mass is 9.95. The number of ketones is 1. The Morgan fingerprint density at radius 2 is 1.44 bits per heavy atom. The minimum absolute atomic E-state index is 0.108. The highest BCUT2D eigenvalue weighted by molar-refractivity contribution is 8.06. The number of carbonyl (C=O) groups excluding carboxylic acids is 1. The first-order valence-electron chi connectivity index (χ1n) is 3.11. The fraction of sp³-hybridized carbons (Fsp3) is 0.857. The largest absolute Gasteiger partial charge is 0.297 e. The molecule has 1 heterocycles. The maximum Gasteiger partial charge on any atom is 0.163 e. The van der Waals surface area contributed by atoms with E-state index in [1.54, 1.807) is 11.8 Å². The van der Waals surface area contributed by atoms with Gasteiger partial charge in [0.15, 0.2) is 5.78 Å². The summed E-state index contributed by atoms with van der Waals surface area (Å²) in [6, 6.07) is 0. The second-order valence-electron chi connectivity index (χ2n) is 3.45. The van der Waals surface area contributed by atoms with Crippen molar-refractivity contribution in [3.8, 4) is 0 Å². The molecule has 0 radical (unpaired) electrons. The van der Waals surface area contributed by atoms with Gasteiger partial charge in [-0.3, -0.25) is 4.79 Å². The first kappa shape index (κ1) is 7.13. The Kier molecular flexibility index (Phi) is 1.22. The van der Waals surface area contributed by atoms with E-state index in [1.807, 2.05) is 27.7 Å². The van der Waals surface area contributed by atoms with Crippen LogP contribution in [0.5, 0.6) is 0 Å². The zero-order valence-electron chi connectivity index (χ0n) is 6.32. The Morgan fingerprint density at radius 3 is 1.44 bits per heavy atom. The maximum absolute atomic E-state index is 11.2. The van der Waals surface area contributed by atoms with E-state index in [9.17, 15) is 4.79 Å². The van der Waals surface area contributed by atoms with Gasteiger partial charge in [-0.15, -0.1) is 11.8 Å². The highest BCUT2D eigenvalue weighted by atomic mass is 32.2. The monoisotopic (exact) mass is 144 g/mol. The summed E-state index contributed by atoms with van der Waals surface area (Å²) in [5.74, 6) is 0.375. The lowest BCUT2D eigenvalue weighted by Crippen LogP contribution is -2.54. The molecule has 0 aromatic rings. The maximum atomic E-state index is 11.2. The van der Waals surface area contributed by atoms with Gasteiger partial charge in [0.2, 0.25) is 0 Å². The number of thioether (sulfide) groups is 1. The van der Waals surface area contributed by atoms with Crippen molar-refractivity contribution in [3.05, 3.63) is 0 Å². The SMILES string of the molecule is CC1(C)SC(C)(C)C1=O. The second-order valence-corrected chi connectivity index (χ2v) is 5.70. The summed E-state index contributed by atoms with van der Waals surface area (Å²) in [5.41, 5.74) is 0. The van der Waals surface area contributed by atoms with E-state index in [0.29, 0.717) is 5.78 Å². The van der Waals surface area contributed by atoms with Gasteiger partial charge in [-0.05, 0) is 27.7 Å². The van der Waals surface area contributed by atoms with Gasteiger partial charge in [0, 0.05) is 0 Å². The number of Topliss-reactive ketones (excluding diaryl/α,β-unsaturated/α-hetero) is 1. The van der Waals surface area contributed by atoms with E-state index >= 15 is 0 Å². The molecule has 0 spiro atoms. The predicted octanol–water partition coefficient (Wildman–Crippen LogP) is 1.86. The molecule has 0 aromatic heterocycles. The molecule has 1 nitrogen and oxygen atoms in total. The molecule has 0 unspecified atom stereocenters. The third-order valence-electron chi connectivity index (χ3n) is 1.60. The van der Waals surface area contributed by atoms with Crippen LogP contribution in [0, 0.1) is 0 Å². The summed E-state index contributed by atoms with van der Waals surface area (Å²) < 4.78 is -0.215. The summed E-state index contributed by atoms with van der Waals surface area (Å²) >= 11 is 1.75. The molecule has 1 aliphatic rings. The van der Waals surface area contributed by atoms with Crippen LogP contribution in [-0.4, -0.2) is 15.3 Å². The average Bonchev–Trinajstić information content (AvgIpc) is 1.63. The lowest BCUT2D eigenvalue weighted by Gasteiger charge is -2.45. The van der Waals surface area contributed by atoms with E-state index in [4.69, 9.17) is 0 Å². The molecule has 9 heavy (non-hydrogen) atoms. The molecular formula is C7H12OS. The Bertz CT molecular complexity index is 142. The molecule has 0 atom stereocenters. The molecule has 0 bridgehead atoms. The summed E-state index contributed by atoms with van der Waals surface area (Å²) in [6.45, 7) is 7.91. The number of hydrogen-bond donors (Lipinski definition) is 0. The molecule has 52 valence electrons. The van der Waals surface area contributed by atoms with E-state index in [-0.39, 0.29) is 9.49 Å². The van der Waals surface area contributed by atoms with E-state index in [2.05, 4.69) is 0 Å².